The SMILES string of the molecule is CC=C(C)C(=O)O[C@@H]1CC2C(O)C3C(=O)CC(CO)OC3C([C@H](CC3CCCC(O)C3)C3CCNC(N)C3)C2O[C@]1(C)C[C@@H](CCCCC)C1CCC(N)[NH2+]C1. The van der Waals surface area contributed by atoms with E-state index in [1.165, 1.54) is 0 Å². The molecule has 0 radical (unpaired) electrons. The number of carbonyl (C=O) groups excluding carboxylic acids is 2. The molecule has 6 aliphatic rings. The number of piperidine rings is 2. The number of hydrogen-bond donors (Lipinski definition) is 7. The molecule has 0 spiro atoms. The molecular formula is C44H77N4O8+. The summed E-state index contributed by atoms with van der Waals surface area (Å²) in [5, 5.41) is 39.3. The van der Waals surface area contributed by atoms with Gasteiger partial charge in [-0.3, -0.25) is 10.5 Å². The number of ether oxygens (including phenoxy) is 3. The predicted octanol–water partition coefficient (Wildman–Crippen LogP) is 3.04. The number of Topliss-reactive ketones (excluding diaryl/α,β-unsaturated/α-hetero) is 1. The van der Waals surface area contributed by atoms with Crippen molar-refractivity contribution in [3.8, 4) is 0 Å². The van der Waals surface area contributed by atoms with Crippen LogP contribution in [-0.2, 0) is 23.8 Å². The van der Waals surface area contributed by atoms with Gasteiger partial charge in [0.1, 0.15) is 23.7 Å². The van der Waals surface area contributed by atoms with Crippen LogP contribution in [0.15, 0.2) is 11.6 Å². The summed E-state index contributed by atoms with van der Waals surface area (Å²) in [7, 11) is 0. The molecule has 0 aromatic rings. The van der Waals surface area contributed by atoms with Crippen molar-refractivity contribution < 1.29 is 44.4 Å². The molecule has 12 heteroatoms. The highest BCUT2D eigenvalue weighted by molar-refractivity contribution is 5.87. The Kier molecular flexibility index (Phi) is 15.5. The molecule has 2 saturated carbocycles. The third-order valence-electron chi connectivity index (χ3n) is 15.3. The van der Waals surface area contributed by atoms with Gasteiger partial charge in [-0.2, -0.15) is 0 Å². The number of quaternary nitrogens is 1. The zero-order valence-electron chi connectivity index (χ0n) is 34.9. The first kappa shape index (κ1) is 44.1. The van der Waals surface area contributed by atoms with Gasteiger partial charge in [0, 0.05) is 36.2 Å². The van der Waals surface area contributed by atoms with Crippen LogP contribution in [0.2, 0.25) is 0 Å². The smallest absolute Gasteiger partial charge is 0.333 e. The summed E-state index contributed by atoms with van der Waals surface area (Å²) < 4.78 is 20.9. The second-order valence-corrected chi connectivity index (χ2v) is 19.2. The van der Waals surface area contributed by atoms with E-state index in [9.17, 15) is 24.9 Å². The quantitative estimate of drug-likeness (QED) is 0.0775. The van der Waals surface area contributed by atoms with Gasteiger partial charge in [0.05, 0.1) is 55.8 Å². The van der Waals surface area contributed by atoms with Gasteiger partial charge in [-0.25, -0.2) is 4.79 Å². The maximum absolute atomic E-state index is 14.1. The summed E-state index contributed by atoms with van der Waals surface area (Å²) in [5.41, 5.74) is 12.6. The van der Waals surface area contributed by atoms with Crippen molar-refractivity contribution in [3.05, 3.63) is 11.6 Å². The van der Waals surface area contributed by atoms with Crippen LogP contribution >= 0.6 is 0 Å². The Balaban J connectivity index is 1.43. The van der Waals surface area contributed by atoms with E-state index in [-0.39, 0.29) is 61.0 Å². The van der Waals surface area contributed by atoms with Gasteiger partial charge in [0.25, 0.3) is 0 Å². The molecule has 0 bridgehead atoms. The zero-order valence-corrected chi connectivity index (χ0v) is 34.9. The number of unbranched alkanes of at least 4 members (excludes halogenated alkanes) is 2. The van der Waals surface area contributed by atoms with Crippen LogP contribution in [0.5, 0.6) is 0 Å². The van der Waals surface area contributed by atoms with Crippen LogP contribution in [-0.4, -0.2) is 101 Å². The number of rotatable bonds is 14. The molecule has 4 saturated heterocycles. The normalized spacial score (nSPS) is 43.3. The van der Waals surface area contributed by atoms with Gasteiger partial charge in [-0.15, -0.1) is 0 Å². The van der Waals surface area contributed by atoms with Crippen LogP contribution < -0.4 is 22.1 Å². The lowest BCUT2D eigenvalue weighted by Crippen LogP contribution is -2.95. The molecule has 10 N–H and O–H groups in total. The van der Waals surface area contributed by atoms with Crippen molar-refractivity contribution in [1.82, 2.24) is 5.32 Å². The molecule has 13 unspecified atom stereocenters. The number of aliphatic hydroxyl groups is 3. The van der Waals surface area contributed by atoms with E-state index in [0.717, 1.165) is 96.6 Å². The molecule has 6 rings (SSSR count). The van der Waals surface area contributed by atoms with Crippen LogP contribution in [0.1, 0.15) is 130 Å². The van der Waals surface area contributed by atoms with Crippen molar-refractivity contribution in [3.63, 3.8) is 0 Å². The minimum atomic E-state index is -1.05. The maximum atomic E-state index is 14.1. The standard InChI is InChI=1S/C44H76N4O8/c1-5-7-8-11-28(29-13-14-36(45)48-23-29)22-44(4)35(55-43(53)25(3)6-2)21-33-40(52)39-34(51)20-31(24-49)54-42(39)38(41(33)56-44)32(27-15-16-47-37(46)19-27)18-26-10-9-12-30(50)17-26/h6,26-33,35-42,47-50,52H,5,7-24,45-46H2,1-4H3/p+1/t26?,27?,28-,29?,30?,31?,32-,33?,35-,36?,37?,38?,39?,40?,41?,42?,44-/m1/s1. The lowest BCUT2D eigenvalue weighted by atomic mass is 9.56. The Morgan fingerprint density at radius 2 is 1.89 bits per heavy atom. The molecule has 320 valence electrons. The number of ketones is 1. The van der Waals surface area contributed by atoms with Crippen molar-refractivity contribution in [2.45, 2.75) is 185 Å². The van der Waals surface area contributed by atoms with E-state index in [0.29, 0.717) is 36.2 Å². The number of nitrogens with two attached hydrogens (primary N) is 3. The summed E-state index contributed by atoms with van der Waals surface area (Å²) in [6, 6.07) is 0. The number of nitrogens with one attached hydrogen (secondary N) is 1. The Morgan fingerprint density at radius 1 is 1.09 bits per heavy atom. The lowest BCUT2D eigenvalue weighted by Gasteiger charge is -2.60. The maximum Gasteiger partial charge on any atom is 0.333 e. The Labute approximate surface area is 336 Å². The van der Waals surface area contributed by atoms with Gasteiger partial charge in [-0.05, 0) is 109 Å². The molecule has 0 aromatic heterocycles. The Hall–Kier alpha value is -1.48. The number of carbonyl (C=O) groups is 2. The Morgan fingerprint density at radius 3 is 2.57 bits per heavy atom. The van der Waals surface area contributed by atoms with Gasteiger partial charge >= 0.3 is 5.97 Å². The molecule has 4 heterocycles. The topological polar surface area (TPSA) is 203 Å². The summed E-state index contributed by atoms with van der Waals surface area (Å²) in [6.45, 7) is 9.43. The lowest BCUT2D eigenvalue weighted by molar-refractivity contribution is -0.704. The van der Waals surface area contributed by atoms with Gasteiger partial charge < -0.3 is 45.9 Å². The number of aliphatic hydroxyl groups excluding tert-OH is 3. The van der Waals surface area contributed by atoms with Crippen molar-refractivity contribution in [2.24, 2.45) is 58.8 Å². The van der Waals surface area contributed by atoms with E-state index in [1.54, 1.807) is 13.0 Å². The zero-order chi connectivity index (χ0) is 40.1. The van der Waals surface area contributed by atoms with E-state index >= 15 is 0 Å². The Bertz CT molecular complexity index is 1330. The highest BCUT2D eigenvalue weighted by Gasteiger charge is 2.63. The second-order valence-electron chi connectivity index (χ2n) is 19.2. The number of fused-ring (bicyclic) bond motifs is 2. The second kappa shape index (κ2) is 19.7. The monoisotopic (exact) mass is 790 g/mol. The van der Waals surface area contributed by atoms with Gasteiger partial charge in [-0.1, -0.05) is 45.1 Å². The van der Waals surface area contributed by atoms with Crippen LogP contribution in [0, 0.1) is 47.3 Å². The van der Waals surface area contributed by atoms with Gasteiger partial charge in [0.15, 0.2) is 0 Å². The van der Waals surface area contributed by atoms with Crippen LogP contribution in [0.4, 0.5) is 0 Å². The van der Waals surface area contributed by atoms with E-state index in [2.05, 4.69) is 24.5 Å². The van der Waals surface area contributed by atoms with Crippen molar-refractivity contribution in [2.75, 3.05) is 19.7 Å². The number of allylic oxidation sites excluding steroid dienone is 1. The molecule has 0 aromatic carbocycles. The fraction of sp³-hybridized carbons (Fsp3) is 0.909. The molecule has 17 atom stereocenters. The first-order valence-electron chi connectivity index (χ1n) is 22.6. The summed E-state index contributed by atoms with van der Waals surface area (Å²) in [6.07, 6.45) is 11.6. The number of esters is 1. The van der Waals surface area contributed by atoms with E-state index in [4.69, 9.17) is 25.7 Å². The highest BCUT2D eigenvalue weighted by Crippen LogP contribution is 2.55. The summed E-state index contributed by atoms with van der Waals surface area (Å²) in [4.78, 5) is 27.8. The molecule has 4 aliphatic heterocycles. The minimum absolute atomic E-state index is 0.0413. The molecule has 6 fully saturated rings. The fourth-order valence-electron chi connectivity index (χ4n) is 12.2. The van der Waals surface area contributed by atoms with E-state index in [1.807, 2.05) is 6.92 Å². The van der Waals surface area contributed by atoms with Crippen LogP contribution in [0.25, 0.3) is 0 Å². The summed E-state index contributed by atoms with van der Waals surface area (Å²) >= 11 is 0. The van der Waals surface area contributed by atoms with Gasteiger partial charge in [0.2, 0.25) is 0 Å². The average molecular weight is 790 g/mol. The summed E-state index contributed by atoms with van der Waals surface area (Å²) in [5.74, 6) is -0.652. The van der Waals surface area contributed by atoms with Crippen LogP contribution in [0.3, 0.4) is 0 Å². The fourth-order valence-corrected chi connectivity index (χ4v) is 12.2. The molecule has 0 amide bonds. The van der Waals surface area contributed by atoms with Crippen molar-refractivity contribution in [1.29, 1.82) is 0 Å². The number of hydrogen-bond acceptors (Lipinski definition) is 11. The minimum Gasteiger partial charge on any atom is -0.456 e. The first-order valence-corrected chi connectivity index (χ1v) is 22.6. The molecule has 12 nitrogen and oxygen atoms in total. The average Bonchev–Trinajstić information content (AvgIpc) is 3.17. The highest BCUT2D eigenvalue weighted by atomic mass is 16.6. The third kappa shape index (κ3) is 10.1. The van der Waals surface area contributed by atoms with E-state index < -0.39 is 48.0 Å². The molecule has 2 aliphatic carbocycles. The molecule has 56 heavy (non-hydrogen) atoms. The largest absolute Gasteiger partial charge is 0.456 e. The molecular weight excluding hydrogens is 713 g/mol. The van der Waals surface area contributed by atoms with Crippen molar-refractivity contribution >= 4 is 11.8 Å². The first-order chi connectivity index (χ1) is 26.8. The third-order valence-corrected chi connectivity index (χ3v) is 15.3. The predicted molar refractivity (Wildman–Crippen MR) is 214 cm³/mol.